The first-order chi connectivity index (χ1) is 11.4. The van der Waals surface area contributed by atoms with Crippen molar-refractivity contribution in [2.45, 2.75) is 40.0 Å². The molecule has 0 unspecified atom stereocenters. The molecule has 1 heterocycles. The van der Waals surface area contributed by atoms with Crippen LogP contribution in [0, 0.1) is 20.8 Å². The van der Waals surface area contributed by atoms with E-state index in [9.17, 15) is 9.59 Å². The number of aromatic nitrogens is 1. The molecule has 5 heteroatoms. The zero-order chi connectivity index (χ0) is 17.7. The van der Waals surface area contributed by atoms with Crippen molar-refractivity contribution in [3.05, 3.63) is 52.8 Å². The fourth-order valence-corrected chi connectivity index (χ4v) is 2.86. The second-order valence-corrected chi connectivity index (χ2v) is 6.07. The Morgan fingerprint density at radius 1 is 1.12 bits per heavy atom. The number of aryl methyl sites for hydroxylation is 2. The van der Waals surface area contributed by atoms with Gasteiger partial charge in [0.1, 0.15) is 0 Å². The number of aliphatic carboxylic acids is 1. The minimum atomic E-state index is -0.803. The first-order valence-corrected chi connectivity index (χ1v) is 8.16. The van der Waals surface area contributed by atoms with Gasteiger partial charge in [0.15, 0.2) is 0 Å². The number of carboxylic acids is 1. The van der Waals surface area contributed by atoms with Crippen molar-refractivity contribution in [3.63, 3.8) is 0 Å². The third-order valence-corrected chi connectivity index (χ3v) is 4.04. The predicted molar refractivity (Wildman–Crippen MR) is 93.8 cm³/mol. The average molecular weight is 328 g/mol. The quantitative estimate of drug-likeness (QED) is 0.765. The summed E-state index contributed by atoms with van der Waals surface area (Å²) in [5.41, 5.74) is 4.79. The van der Waals surface area contributed by atoms with E-state index < -0.39 is 5.97 Å². The molecule has 0 saturated heterocycles. The Kier molecular flexibility index (Phi) is 5.79. The van der Waals surface area contributed by atoms with Crippen LogP contribution in [0.5, 0.6) is 0 Å². The minimum absolute atomic E-state index is 0.114. The summed E-state index contributed by atoms with van der Waals surface area (Å²) in [6.07, 6.45) is 1.37. The van der Waals surface area contributed by atoms with Crippen LogP contribution in [0.3, 0.4) is 0 Å². The summed E-state index contributed by atoms with van der Waals surface area (Å²) in [5, 5.41) is 11.5. The van der Waals surface area contributed by atoms with Crippen molar-refractivity contribution in [3.8, 4) is 5.69 Å². The minimum Gasteiger partial charge on any atom is -0.481 e. The predicted octanol–water partition coefficient (Wildman–Crippen LogP) is 3.39. The lowest BCUT2D eigenvalue weighted by Crippen LogP contribution is -2.25. The summed E-state index contributed by atoms with van der Waals surface area (Å²) >= 11 is 0. The van der Waals surface area contributed by atoms with Gasteiger partial charge in [-0.05, 0) is 57.4 Å². The van der Waals surface area contributed by atoms with E-state index in [4.69, 9.17) is 5.11 Å². The Labute approximate surface area is 142 Å². The number of hydrogen-bond acceptors (Lipinski definition) is 2. The van der Waals surface area contributed by atoms with E-state index >= 15 is 0 Å². The molecule has 1 aromatic heterocycles. The first kappa shape index (κ1) is 17.8. The van der Waals surface area contributed by atoms with E-state index in [0.29, 0.717) is 24.9 Å². The summed E-state index contributed by atoms with van der Waals surface area (Å²) in [4.78, 5) is 22.9. The lowest BCUT2D eigenvalue weighted by Gasteiger charge is -2.11. The van der Waals surface area contributed by atoms with Gasteiger partial charge in [-0.2, -0.15) is 0 Å². The summed E-state index contributed by atoms with van der Waals surface area (Å²) < 4.78 is 2.08. The van der Waals surface area contributed by atoms with E-state index in [-0.39, 0.29) is 12.3 Å². The second kappa shape index (κ2) is 7.81. The number of amides is 1. The highest BCUT2D eigenvalue weighted by atomic mass is 16.4. The maximum atomic E-state index is 12.4. The molecule has 0 saturated carbocycles. The molecule has 0 spiro atoms. The van der Waals surface area contributed by atoms with Crippen LogP contribution in [0.1, 0.15) is 46.6 Å². The number of nitrogens with one attached hydrogen (secondary N) is 1. The molecular weight excluding hydrogens is 304 g/mol. The van der Waals surface area contributed by atoms with Crippen LogP contribution in [-0.4, -0.2) is 28.1 Å². The molecule has 128 valence electrons. The largest absolute Gasteiger partial charge is 0.481 e. The summed E-state index contributed by atoms with van der Waals surface area (Å²) in [6, 6.07) is 10.1. The molecule has 0 aliphatic carbocycles. The van der Waals surface area contributed by atoms with Gasteiger partial charge in [-0.3, -0.25) is 9.59 Å². The monoisotopic (exact) mass is 328 g/mol. The standard InChI is InChI=1S/C19H24N2O3/c1-13-7-6-8-16(11-13)21-14(2)12-17(15(21)3)19(24)20-10-5-4-9-18(22)23/h6-8,11-12H,4-5,9-10H2,1-3H3,(H,20,24)(H,22,23). The molecule has 24 heavy (non-hydrogen) atoms. The number of carboxylic acid groups (broad SMARTS) is 1. The molecule has 0 bridgehead atoms. The Morgan fingerprint density at radius 3 is 2.54 bits per heavy atom. The highest BCUT2D eigenvalue weighted by Crippen LogP contribution is 2.21. The first-order valence-electron chi connectivity index (χ1n) is 8.16. The van der Waals surface area contributed by atoms with Crippen LogP contribution >= 0.6 is 0 Å². The molecule has 2 rings (SSSR count). The Hall–Kier alpha value is -2.56. The molecule has 1 aromatic carbocycles. The molecule has 0 radical (unpaired) electrons. The van der Waals surface area contributed by atoms with E-state index in [1.807, 2.05) is 45.0 Å². The lowest BCUT2D eigenvalue weighted by molar-refractivity contribution is -0.137. The van der Waals surface area contributed by atoms with Crippen LogP contribution in [0.2, 0.25) is 0 Å². The molecule has 0 fully saturated rings. The molecule has 1 amide bonds. The Morgan fingerprint density at radius 2 is 1.88 bits per heavy atom. The Balaban J connectivity index is 2.08. The van der Waals surface area contributed by atoms with Crippen molar-refractivity contribution in [2.24, 2.45) is 0 Å². The summed E-state index contributed by atoms with van der Waals surface area (Å²) in [7, 11) is 0. The third kappa shape index (κ3) is 4.25. The zero-order valence-electron chi connectivity index (χ0n) is 14.4. The highest BCUT2D eigenvalue weighted by Gasteiger charge is 2.16. The van der Waals surface area contributed by atoms with Crippen molar-refractivity contribution >= 4 is 11.9 Å². The van der Waals surface area contributed by atoms with Crippen LogP contribution in [-0.2, 0) is 4.79 Å². The van der Waals surface area contributed by atoms with Gasteiger partial charge in [0, 0.05) is 30.0 Å². The smallest absolute Gasteiger partial charge is 0.303 e. The molecule has 0 aliphatic rings. The van der Waals surface area contributed by atoms with Crippen LogP contribution in [0.25, 0.3) is 5.69 Å². The van der Waals surface area contributed by atoms with Gasteiger partial charge < -0.3 is 15.0 Å². The van der Waals surface area contributed by atoms with Gasteiger partial charge in [0.25, 0.3) is 5.91 Å². The molecule has 5 nitrogen and oxygen atoms in total. The van der Waals surface area contributed by atoms with Gasteiger partial charge in [0.05, 0.1) is 5.56 Å². The highest BCUT2D eigenvalue weighted by molar-refractivity contribution is 5.95. The SMILES string of the molecule is Cc1cccc(-n2c(C)cc(C(=O)NCCCCC(=O)O)c2C)c1. The van der Waals surface area contributed by atoms with Crippen LogP contribution < -0.4 is 5.32 Å². The topological polar surface area (TPSA) is 71.3 Å². The molecule has 0 atom stereocenters. The van der Waals surface area contributed by atoms with Crippen LogP contribution in [0.15, 0.2) is 30.3 Å². The number of nitrogens with zero attached hydrogens (tertiary/aromatic N) is 1. The van der Waals surface area contributed by atoms with Crippen LogP contribution in [0.4, 0.5) is 0 Å². The van der Waals surface area contributed by atoms with Crippen molar-refractivity contribution in [1.29, 1.82) is 0 Å². The summed E-state index contributed by atoms with van der Waals surface area (Å²) in [6.45, 7) is 6.45. The van der Waals surface area contributed by atoms with Gasteiger partial charge in [0.2, 0.25) is 0 Å². The average Bonchev–Trinajstić information content (AvgIpc) is 2.81. The zero-order valence-corrected chi connectivity index (χ0v) is 14.4. The van der Waals surface area contributed by atoms with E-state index in [2.05, 4.69) is 16.0 Å². The fourth-order valence-electron chi connectivity index (χ4n) is 2.86. The van der Waals surface area contributed by atoms with Crippen molar-refractivity contribution < 1.29 is 14.7 Å². The lowest BCUT2D eigenvalue weighted by atomic mass is 10.2. The number of rotatable bonds is 7. The third-order valence-electron chi connectivity index (χ3n) is 4.04. The number of hydrogen-bond donors (Lipinski definition) is 2. The number of carbonyl (C=O) groups is 2. The van der Waals surface area contributed by atoms with E-state index in [1.54, 1.807) is 0 Å². The summed E-state index contributed by atoms with van der Waals surface area (Å²) in [5.74, 6) is -0.916. The number of benzene rings is 1. The normalized spacial score (nSPS) is 10.6. The molecular formula is C19H24N2O3. The maximum absolute atomic E-state index is 12.4. The second-order valence-electron chi connectivity index (χ2n) is 6.07. The van der Waals surface area contributed by atoms with E-state index in [1.165, 1.54) is 5.56 Å². The van der Waals surface area contributed by atoms with Gasteiger partial charge in [-0.1, -0.05) is 12.1 Å². The fraction of sp³-hybridized carbons (Fsp3) is 0.368. The van der Waals surface area contributed by atoms with Crippen molar-refractivity contribution in [1.82, 2.24) is 9.88 Å². The van der Waals surface area contributed by atoms with Gasteiger partial charge in [-0.15, -0.1) is 0 Å². The van der Waals surface area contributed by atoms with Crippen molar-refractivity contribution in [2.75, 3.05) is 6.54 Å². The van der Waals surface area contributed by atoms with E-state index in [0.717, 1.165) is 17.1 Å². The van der Waals surface area contributed by atoms with Gasteiger partial charge in [-0.25, -0.2) is 0 Å². The number of unbranched alkanes of at least 4 members (excludes halogenated alkanes) is 1. The molecule has 2 N–H and O–H groups in total. The molecule has 2 aromatic rings. The molecule has 0 aliphatic heterocycles. The number of carbonyl (C=O) groups excluding carboxylic acids is 1. The van der Waals surface area contributed by atoms with Gasteiger partial charge >= 0.3 is 5.97 Å². The maximum Gasteiger partial charge on any atom is 0.303 e. The Bertz CT molecular complexity index is 747.